The van der Waals surface area contributed by atoms with E-state index in [1.54, 1.807) is 30.3 Å². The number of phenolic OH excluding ortho intramolecular Hbond substituents is 1. The molecule has 0 aliphatic rings. The first-order chi connectivity index (χ1) is 13.8. The summed E-state index contributed by atoms with van der Waals surface area (Å²) in [4.78, 5) is 33.8. The number of hydrogen-bond donors (Lipinski definition) is 1. The maximum atomic E-state index is 12.2. The van der Waals surface area contributed by atoms with Gasteiger partial charge in [-0.25, -0.2) is 9.59 Å². The molecule has 0 atom stereocenters. The summed E-state index contributed by atoms with van der Waals surface area (Å²) in [5.41, 5.74) is 0.870. The van der Waals surface area contributed by atoms with Crippen molar-refractivity contribution in [3.8, 4) is 11.5 Å². The SMILES string of the molecule is C=C(C)C(=O)Oc1ccc(C(=O)c2ccccc2)c(O)c1.C=CCOC(=O)C=C. The first-order valence-corrected chi connectivity index (χ1v) is 8.50. The molecular formula is C23H22O6. The molecule has 2 rings (SSSR count). The van der Waals surface area contributed by atoms with E-state index < -0.39 is 11.9 Å². The molecular weight excluding hydrogens is 372 g/mol. The Labute approximate surface area is 169 Å². The minimum Gasteiger partial charge on any atom is -0.507 e. The number of carbonyl (C=O) groups is 3. The van der Waals surface area contributed by atoms with Crippen LogP contribution in [0.25, 0.3) is 0 Å². The Kier molecular flexibility index (Phi) is 9.33. The van der Waals surface area contributed by atoms with E-state index in [2.05, 4.69) is 24.5 Å². The molecule has 0 fully saturated rings. The Morgan fingerprint density at radius 2 is 1.72 bits per heavy atom. The molecule has 0 heterocycles. The van der Waals surface area contributed by atoms with E-state index in [1.165, 1.54) is 31.2 Å². The summed E-state index contributed by atoms with van der Waals surface area (Å²) >= 11 is 0. The first kappa shape index (κ1) is 23.1. The second-order valence-electron chi connectivity index (χ2n) is 5.67. The number of rotatable bonds is 7. The van der Waals surface area contributed by atoms with Gasteiger partial charge in [0, 0.05) is 23.3 Å². The van der Waals surface area contributed by atoms with Gasteiger partial charge in [-0.1, -0.05) is 56.1 Å². The zero-order valence-electron chi connectivity index (χ0n) is 16.1. The van der Waals surface area contributed by atoms with E-state index in [9.17, 15) is 19.5 Å². The number of carbonyl (C=O) groups excluding carboxylic acids is 3. The normalized spacial score (nSPS) is 9.28. The Morgan fingerprint density at radius 3 is 2.24 bits per heavy atom. The van der Waals surface area contributed by atoms with Crippen molar-refractivity contribution >= 4 is 17.7 Å². The van der Waals surface area contributed by atoms with E-state index in [-0.39, 0.29) is 35.0 Å². The molecule has 1 N–H and O–H groups in total. The second kappa shape index (κ2) is 11.7. The summed E-state index contributed by atoms with van der Waals surface area (Å²) in [6.45, 7) is 11.8. The van der Waals surface area contributed by atoms with Crippen LogP contribution in [0.2, 0.25) is 0 Å². The van der Waals surface area contributed by atoms with Crippen LogP contribution in [0.5, 0.6) is 11.5 Å². The molecule has 0 saturated heterocycles. The number of ether oxygens (including phenoxy) is 2. The van der Waals surface area contributed by atoms with Crippen LogP contribution in [-0.2, 0) is 14.3 Å². The molecule has 150 valence electrons. The van der Waals surface area contributed by atoms with Crippen molar-refractivity contribution in [1.82, 2.24) is 0 Å². The van der Waals surface area contributed by atoms with Crippen molar-refractivity contribution in [2.75, 3.05) is 6.61 Å². The fourth-order valence-electron chi connectivity index (χ4n) is 1.91. The van der Waals surface area contributed by atoms with E-state index in [4.69, 9.17) is 4.74 Å². The molecule has 29 heavy (non-hydrogen) atoms. The number of esters is 2. The summed E-state index contributed by atoms with van der Waals surface area (Å²) in [6.07, 6.45) is 2.62. The van der Waals surface area contributed by atoms with E-state index in [0.717, 1.165) is 6.08 Å². The van der Waals surface area contributed by atoms with E-state index in [1.807, 2.05) is 0 Å². The van der Waals surface area contributed by atoms with Gasteiger partial charge in [-0.05, 0) is 19.1 Å². The summed E-state index contributed by atoms with van der Waals surface area (Å²) in [7, 11) is 0. The van der Waals surface area contributed by atoms with E-state index in [0.29, 0.717) is 5.56 Å². The monoisotopic (exact) mass is 394 g/mol. The third-order valence-corrected chi connectivity index (χ3v) is 3.32. The molecule has 2 aromatic rings. The van der Waals surface area contributed by atoms with Crippen LogP contribution < -0.4 is 4.74 Å². The highest BCUT2D eigenvalue weighted by Crippen LogP contribution is 2.26. The maximum absolute atomic E-state index is 12.2. The van der Waals surface area contributed by atoms with Crippen LogP contribution in [0, 0.1) is 0 Å². The van der Waals surface area contributed by atoms with Gasteiger partial charge >= 0.3 is 11.9 Å². The van der Waals surface area contributed by atoms with Crippen LogP contribution in [0.3, 0.4) is 0 Å². The van der Waals surface area contributed by atoms with Crippen LogP contribution >= 0.6 is 0 Å². The van der Waals surface area contributed by atoms with Gasteiger partial charge in [0.25, 0.3) is 0 Å². The third-order valence-electron chi connectivity index (χ3n) is 3.32. The Bertz CT molecular complexity index is 912. The predicted molar refractivity (Wildman–Crippen MR) is 110 cm³/mol. The maximum Gasteiger partial charge on any atom is 0.338 e. The molecule has 0 bridgehead atoms. The quantitative estimate of drug-likeness (QED) is 0.251. The Balaban J connectivity index is 0.000000447. The summed E-state index contributed by atoms with van der Waals surface area (Å²) in [6, 6.07) is 12.7. The van der Waals surface area contributed by atoms with Crippen molar-refractivity contribution in [3.63, 3.8) is 0 Å². The highest BCUT2D eigenvalue weighted by molar-refractivity contribution is 6.10. The van der Waals surface area contributed by atoms with Gasteiger partial charge < -0.3 is 14.6 Å². The number of aromatic hydroxyl groups is 1. The lowest BCUT2D eigenvalue weighted by Gasteiger charge is -2.07. The number of hydrogen-bond acceptors (Lipinski definition) is 6. The largest absolute Gasteiger partial charge is 0.507 e. The average molecular weight is 394 g/mol. The Morgan fingerprint density at radius 1 is 1.07 bits per heavy atom. The standard InChI is InChI=1S/C17H14O4.C6H8O2/c1-11(2)17(20)21-13-8-9-14(15(18)10-13)16(19)12-6-4-3-5-7-12;1-3-5-8-6(7)4-2/h3-10,18H,1H2,2H3;3-4H,1-2,5H2. The highest BCUT2D eigenvalue weighted by Gasteiger charge is 2.15. The van der Waals surface area contributed by atoms with Crippen LogP contribution in [0.4, 0.5) is 0 Å². The fourth-order valence-corrected chi connectivity index (χ4v) is 1.91. The Hall–Kier alpha value is -3.93. The van der Waals surface area contributed by atoms with Crippen molar-refractivity contribution in [2.24, 2.45) is 0 Å². The van der Waals surface area contributed by atoms with Crippen molar-refractivity contribution in [2.45, 2.75) is 6.92 Å². The fraction of sp³-hybridized carbons (Fsp3) is 0.0870. The van der Waals surface area contributed by atoms with Crippen LogP contribution in [0.1, 0.15) is 22.8 Å². The molecule has 0 aliphatic heterocycles. The molecule has 0 saturated carbocycles. The lowest BCUT2D eigenvalue weighted by molar-refractivity contribution is -0.136. The lowest BCUT2D eigenvalue weighted by Crippen LogP contribution is -2.08. The molecule has 6 nitrogen and oxygen atoms in total. The summed E-state index contributed by atoms with van der Waals surface area (Å²) < 4.78 is 9.45. The molecule has 0 aliphatic carbocycles. The molecule has 0 aromatic heterocycles. The van der Waals surface area contributed by atoms with Gasteiger partial charge in [0.2, 0.25) is 0 Å². The smallest absolute Gasteiger partial charge is 0.338 e. The van der Waals surface area contributed by atoms with E-state index >= 15 is 0 Å². The van der Waals surface area contributed by atoms with Gasteiger partial charge in [0.1, 0.15) is 18.1 Å². The first-order valence-electron chi connectivity index (χ1n) is 8.50. The number of ketones is 1. The number of benzene rings is 2. The topological polar surface area (TPSA) is 89.9 Å². The van der Waals surface area contributed by atoms with Crippen molar-refractivity contribution < 1.29 is 29.0 Å². The summed E-state index contributed by atoms with van der Waals surface area (Å²) in [5.74, 6) is -1.38. The van der Waals surface area contributed by atoms with Gasteiger partial charge in [-0.3, -0.25) is 4.79 Å². The van der Waals surface area contributed by atoms with Gasteiger partial charge in [0.15, 0.2) is 5.78 Å². The molecule has 2 aromatic carbocycles. The van der Waals surface area contributed by atoms with Crippen LogP contribution in [-0.4, -0.2) is 29.4 Å². The minimum absolute atomic E-state index is 0.149. The van der Waals surface area contributed by atoms with Crippen LogP contribution in [0.15, 0.2) is 86.0 Å². The van der Waals surface area contributed by atoms with Gasteiger partial charge in [0.05, 0.1) is 5.56 Å². The molecule has 6 heteroatoms. The highest BCUT2D eigenvalue weighted by atomic mass is 16.5. The molecule has 0 unspecified atom stereocenters. The minimum atomic E-state index is -0.587. The predicted octanol–water partition coefficient (Wildman–Crippen LogP) is 4.01. The lowest BCUT2D eigenvalue weighted by atomic mass is 10.0. The zero-order valence-corrected chi connectivity index (χ0v) is 16.1. The number of phenols is 1. The average Bonchev–Trinajstić information content (AvgIpc) is 2.72. The van der Waals surface area contributed by atoms with Gasteiger partial charge in [-0.15, -0.1) is 0 Å². The third kappa shape index (κ3) is 7.68. The summed E-state index contributed by atoms with van der Waals surface area (Å²) in [5, 5.41) is 9.94. The zero-order chi connectivity index (χ0) is 21.8. The molecule has 0 amide bonds. The molecule has 0 radical (unpaired) electrons. The molecule has 0 spiro atoms. The second-order valence-corrected chi connectivity index (χ2v) is 5.67. The van der Waals surface area contributed by atoms with Crippen molar-refractivity contribution in [3.05, 3.63) is 97.1 Å². The van der Waals surface area contributed by atoms with Gasteiger partial charge in [-0.2, -0.15) is 0 Å². The van der Waals surface area contributed by atoms with Crippen molar-refractivity contribution in [1.29, 1.82) is 0 Å².